The summed E-state index contributed by atoms with van der Waals surface area (Å²) < 4.78 is 0. The van der Waals surface area contributed by atoms with Gasteiger partial charge in [-0.3, -0.25) is 9.59 Å². The quantitative estimate of drug-likeness (QED) is 0.479. The molecule has 0 unspecified atom stereocenters. The third-order valence-corrected chi connectivity index (χ3v) is 1.79. The Morgan fingerprint density at radius 1 is 1.23 bits per heavy atom. The zero-order chi connectivity index (χ0) is 8.72. The van der Waals surface area contributed by atoms with E-state index in [2.05, 4.69) is 5.32 Å². The maximum atomic E-state index is 11.1. The second-order valence-electron chi connectivity index (χ2n) is 2.55. The summed E-state index contributed by atoms with van der Waals surface area (Å²) in [6, 6.07) is 4.86. The van der Waals surface area contributed by atoms with Gasteiger partial charge in [0.05, 0.1) is 16.9 Å². The van der Waals surface area contributed by atoms with Crippen molar-refractivity contribution in [1.82, 2.24) is 0 Å². The fourth-order valence-electron chi connectivity index (χ4n) is 1.19. The van der Waals surface area contributed by atoms with E-state index in [1.165, 1.54) is 0 Å². The van der Waals surface area contributed by atoms with Gasteiger partial charge in [-0.25, -0.2) is 0 Å². The number of amides is 1. The maximum absolute atomic E-state index is 11.1. The van der Waals surface area contributed by atoms with Crippen LogP contribution in [-0.4, -0.2) is 11.7 Å². The average molecular weight is 199 g/mol. The van der Waals surface area contributed by atoms with Gasteiger partial charge in [0, 0.05) is 0 Å². The van der Waals surface area contributed by atoms with Crippen LogP contribution >= 0.6 is 12.4 Å². The van der Waals surface area contributed by atoms with Crippen LogP contribution in [0, 0.1) is 0 Å². The molecule has 0 aromatic heterocycles. The smallest absolute Gasteiger partial charge is 0.296 e. The van der Waals surface area contributed by atoms with Crippen molar-refractivity contribution < 1.29 is 9.59 Å². The molecule has 3 N–H and O–H groups in total. The number of nitrogen functional groups attached to an aromatic ring is 1. The Labute approximate surface area is 80.5 Å². The third-order valence-electron chi connectivity index (χ3n) is 1.79. The van der Waals surface area contributed by atoms with Crippen LogP contribution in [-0.2, 0) is 4.79 Å². The Kier molecular flexibility index (Phi) is 2.25. The van der Waals surface area contributed by atoms with E-state index >= 15 is 0 Å². The number of Topliss-reactive ketones (excluding diaryl/α,β-unsaturated/α-hetero) is 1. The zero-order valence-electron chi connectivity index (χ0n) is 6.53. The van der Waals surface area contributed by atoms with Crippen LogP contribution in [0.1, 0.15) is 10.4 Å². The van der Waals surface area contributed by atoms with E-state index in [9.17, 15) is 9.59 Å². The van der Waals surface area contributed by atoms with Crippen molar-refractivity contribution in [2.75, 3.05) is 11.1 Å². The van der Waals surface area contributed by atoms with Gasteiger partial charge in [-0.1, -0.05) is 6.07 Å². The number of nitrogens with two attached hydrogens (primary N) is 1. The van der Waals surface area contributed by atoms with E-state index in [-0.39, 0.29) is 12.4 Å². The van der Waals surface area contributed by atoms with Crippen molar-refractivity contribution in [1.29, 1.82) is 0 Å². The first kappa shape index (κ1) is 9.54. The second-order valence-corrected chi connectivity index (χ2v) is 2.55. The fourth-order valence-corrected chi connectivity index (χ4v) is 1.19. The monoisotopic (exact) mass is 198 g/mol. The molecule has 2 rings (SSSR count). The van der Waals surface area contributed by atoms with Gasteiger partial charge in [0.15, 0.2) is 0 Å². The molecule has 13 heavy (non-hydrogen) atoms. The number of ketones is 1. The molecule has 1 aliphatic heterocycles. The summed E-state index contributed by atoms with van der Waals surface area (Å²) in [7, 11) is 0. The lowest BCUT2D eigenvalue weighted by molar-refractivity contribution is -0.112. The van der Waals surface area contributed by atoms with Crippen LogP contribution in [0.15, 0.2) is 18.2 Å². The molecule has 0 fully saturated rings. The molecule has 0 saturated carbocycles. The molecular weight excluding hydrogens is 192 g/mol. The van der Waals surface area contributed by atoms with Gasteiger partial charge in [0.25, 0.3) is 11.7 Å². The van der Waals surface area contributed by atoms with E-state index in [1.807, 2.05) is 0 Å². The number of rotatable bonds is 0. The van der Waals surface area contributed by atoms with Gasteiger partial charge < -0.3 is 11.1 Å². The van der Waals surface area contributed by atoms with Crippen molar-refractivity contribution >= 4 is 35.5 Å². The maximum Gasteiger partial charge on any atom is 0.296 e. The molecule has 68 valence electrons. The molecule has 1 heterocycles. The predicted octanol–water partition coefficient (Wildman–Crippen LogP) is 0.825. The molecule has 5 heteroatoms. The first-order chi connectivity index (χ1) is 5.70. The van der Waals surface area contributed by atoms with Crippen molar-refractivity contribution in [3.8, 4) is 0 Å². The summed E-state index contributed by atoms with van der Waals surface area (Å²) in [5.41, 5.74) is 6.75. The minimum Gasteiger partial charge on any atom is -0.397 e. The highest BCUT2D eigenvalue weighted by molar-refractivity contribution is 6.52. The number of hydrogen-bond acceptors (Lipinski definition) is 3. The summed E-state index contributed by atoms with van der Waals surface area (Å²) in [5.74, 6) is -1.12. The molecule has 0 bridgehead atoms. The summed E-state index contributed by atoms with van der Waals surface area (Å²) in [6.07, 6.45) is 0. The summed E-state index contributed by atoms with van der Waals surface area (Å²) >= 11 is 0. The highest BCUT2D eigenvalue weighted by Gasteiger charge is 2.28. The molecule has 1 aromatic carbocycles. The largest absolute Gasteiger partial charge is 0.397 e. The number of hydrogen-bond donors (Lipinski definition) is 2. The van der Waals surface area contributed by atoms with Crippen molar-refractivity contribution in [3.63, 3.8) is 0 Å². The number of carbonyl (C=O) groups excluding carboxylic acids is 2. The van der Waals surface area contributed by atoms with Gasteiger partial charge in [-0.15, -0.1) is 12.4 Å². The molecule has 1 aliphatic rings. The molecule has 0 radical (unpaired) electrons. The molecule has 4 nitrogen and oxygen atoms in total. The molecule has 0 saturated heterocycles. The lowest BCUT2D eigenvalue weighted by Crippen LogP contribution is -2.12. The third kappa shape index (κ3) is 1.25. The molecule has 0 aliphatic carbocycles. The normalized spacial score (nSPS) is 13.2. The number of benzene rings is 1. The van der Waals surface area contributed by atoms with E-state index in [0.717, 1.165) is 0 Å². The van der Waals surface area contributed by atoms with E-state index in [0.29, 0.717) is 16.9 Å². The van der Waals surface area contributed by atoms with Crippen LogP contribution in [0.25, 0.3) is 0 Å². The Hall–Kier alpha value is -1.55. The van der Waals surface area contributed by atoms with E-state index < -0.39 is 11.7 Å². The lowest BCUT2D eigenvalue weighted by atomic mass is 10.1. The van der Waals surface area contributed by atoms with Crippen molar-refractivity contribution in [3.05, 3.63) is 23.8 Å². The number of nitrogens with one attached hydrogen (secondary N) is 1. The molecule has 1 aromatic rings. The number of carbonyl (C=O) groups is 2. The minimum atomic E-state index is -0.608. The molecule has 0 spiro atoms. The first-order valence-electron chi connectivity index (χ1n) is 3.44. The number of fused-ring (bicyclic) bond motifs is 1. The van der Waals surface area contributed by atoms with Crippen LogP contribution in [0.3, 0.4) is 0 Å². The standard InChI is InChI=1S/C8H6N2O2.ClH/c9-5-3-1-2-4-6(5)10-8(12)7(4)11;/h1-3H,9H2,(H,10,11,12);1H. The Morgan fingerprint density at radius 3 is 2.54 bits per heavy atom. The van der Waals surface area contributed by atoms with Crippen LogP contribution < -0.4 is 11.1 Å². The Bertz CT molecular complexity index is 390. The van der Waals surface area contributed by atoms with Crippen LogP contribution in [0.5, 0.6) is 0 Å². The van der Waals surface area contributed by atoms with Crippen molar-refractivity contribution in [2.24, 2.45) is 0 Å². The minimum absolute atomic E-state index is 0. The zero-order valence-corrected chi connectivity index (χ0v) is 7.35. The topological polar surface area (TPSA) is 72.2 Å². The average Bonchev–Trinajstić information content (AvgIpc) is 2.32. The number of halogens is 1. The Morgan fingerprint density at radius 2 is 1.92 bits per heavy atom. The summed E-state index contributed by atoms with van der Waals surface area (Å²) in [4.78, 5) is 21.9. The van der Waals surface area contributed by atoms with Gasteiger partial charge in [-0.05, 0) is 12.1 Å². The number of anilines is 2. The molecule has 0 atom stereocenters. The van der Waals surface area contributed by atoms with E-state index in [1.54, 1.807) is 18.2 Å². The Balaban J connectivity index is 0.000000845. The van der Waals surface area contributed by atoms with Gasteiger partial charge >= 0.3 is 0 Å². The van der Waals surface area contributed by atoms with Crippen LogP contribution in [0.4, 0.5) is 11.4 Å². The predicted molar refractivity (Wildman–Crippen MR) is 51.1 cm³/mol. The van der Waals surface area contributed by atoms with E-state index in [4.69, 9.17) is 5.73 Å². The summed E-state index contributed by atoms with van der Waals surface area (Å²) in [6.45, 7) is 0. The SMILES string of the molecule is Cl.Nc1cccc2c1NC(=O)C2=O. The molecular formula is C8H7ClN2O2. The lowest BCUT2D eigenvalue weighted by Gasteiger charge is -1.99. The highest BCUT2D eigenvalue weighted by atomic mass is 35.5. The van der Waals surface area contributed by atoms with Crippen LogP contribution in [0.2, 0.25) is 0 Å². The second kappa shape index (κ2) is 3.06. The van der Waals surface area contributed by atoms with Gasteiger partial charge in [-0.2, -0.15) is 0 Å². The van der Waals surface area contributed by atoms with Gasteiger partial charge in [0.1, 0.15) is 0 Å². The number of para-hydroxylation sites is 1. The molecule has 1 amide bonds. The van der Waals surface area contributed by atoms with Crippen molar-refractivity contribution in [2.45, 2.75) is 0 Å². The highest BCUT2D eigenvalue weighted by Crippen LogP contribution is 2.28. The summed E-state index contributed by atoms with van der Waals surface area (Å²) in [5, 5.41) is 2.40. The first-order valence-corrected chi connectivity index (χ1v) is 3.44. The fraction of sp³-hybridized carbons (Fsp3) is 0. The van der Waals surface area contributed by atoms with Gasteiger partial charge in [0.2, 0.25) is 0 Å².